The summed E-state index contributed by atoms with van der Waals surface area (Å²) in [5.41, 5.74) is 2.46. The van der Waals surface area contributed by atoms with E-state index in [0.717, 1.165) is 0 Å². The summed E-state index contributed by atoms with van der Waals surface area (Å²) < 4.78 is 0. The van der Waals surface area contributed by atoms with E-state index in [1.54, 1.807) is 0 Å². The molecule has 0 spiro atoms. The maximum absolute atomic E-state index is 3.36. The second kappa shape index (κ2) is 2.98. The van der Waals surface area contributed by atoms with Crippen molar-refractivity contribution in [2.45, 2.75) is 6.92 Å². The highest BCUT2D eigenvalue weighted by atomic mass is 14.1. The Balaban J connectivity index is 2.41. The molecule has 0 heteroatoms. The van der Waals surface area contributed by atoms with Crippen molar-refractivity contribution in [2.24, 2.45) is 5.92 Å². The van der Waals surface area contributed by atoms with Crippen LogP contribution in [-0.2, 0) is 0 Å². The molecule has 0 aromatic heterocycles. The van der Waals surface area contributed by atoms with Gasteiger partial charge in [-0.25, -0.2) is 0 Å². The SMILES string of the molecule is CC1=CC=CC2C=CC=CC2=[C]1. The monoisotopic (exact) mass is 155 g/mol. The topological polar surface area (TPSA) is 0 Å². The molecule has 1 unspecified atom stereocenters. The molecule has 0 fully saturated rings. The molecule has 1 radical (unpaired) electrons. The Kier molecular flexibility index (Phi) is 1.83. The van der Waals surface area contributed by atoms with Gasteiger partial charge in [-0.05, 0) is 24.1 Å². The minimum atomic E-state index is 0.434. The molecule has 1 atom stereocenters. The molecule has 59 valence electrons. The first kappa shape index (κ1) is 7.35. The summed E-state index contributed by atoms with van der Waals surface area (Å²) in [6.07, 6.45) is 18.2. The lowest BCUT2D eigenvalue weighted by Gasteiger charge is -2.10. The highest BCUT2D eigenvalue weighted by Crippen LogP contribution is 2.23. The van der Waals surface area contributed by atoms with Crippen molar-refractivity contribution in [3.8, 4) is 0 Å². The second-order valence-electron chi connectivity index (χ2n) is 3.08. The van der Waals surface area contributed by atoms with Crippen LogP contribution >= 0.6 is 0 Å². The number of hydrogen-bond acceptors (Lipinski definition) is 0. The summed E-state index contributed by atoms with van der Waals surface area (Å²) in [5, 5.41) is 0. The molecule has 0 saturated heterocycles. The molecular weight excluding hydrogens is 144 g/mol. The largest absolute Gasteiger partial charge is 0.0732 e. The van der Waals surface area contributed by atoms with Gasteiger partial charge in [0.15, 0.2) is 0 Å². The van der Waals surface area contributed by atoms with Gasteiger partial charge in [0.05, 0.1) is 0 Å². The summed E-state index contributed by atoms with van der Waals surface area (Å²) in [6, 6.07) is 0. The average Bonchev–Trinajstić information content (AvgIpc) is 2.25. The van der Waals surface area contributed by atoms with E-state index in [0.29, 0.717) is 5.92 Å². The van der Waals surface area contributed by atoms with E-state index in [2.05, 4.69) is 55.5 Å². The quantitative estimate of drug-likeness (QED) is 0.504. The minimum Gasteiger partial charge on any atom is -0.0732 e. The van der Waals surface area contributed by atoms with Crippen LogP contribution in [0.1, 0.15) is 6.92 Å². The molecule has 0 amide bonds. The third-order valence-electron chi connectivity index (χ3n) is 2.07. The molecule has 0 saturated carbocycles. The first-order chi connectivity index (χ1) is 5.86. The van der Waals surface area contributed by atoms with Crippen molar-refractivity contribution in [1.29, 1.82) is 0 Å². The van der Waals surface area contributed by atoms with Gasteiger partial charge < -0.3 is 0 Å². The molecule has 0 nitrogen and oxygen atoms in total. The Morgan fingerprint density at radius 1 is 1.17 bits per heavy atom. The van der Waals surface area contributed by atoms with E-state index in [-0.39, 0.29) is 0 Å². The first-order valence-electron chi connectivity index (χ1n) is 4.20. The molecule has 0 aromatic rings. The van der Waals surface area contributed by atoms with Crippen molar-refractivity contribution in [2.75, 3.05) is 0 Å². The number of rotatable bonds is 0. The highest BCUT2D eigenvalue weighted by molar-refractivity contribution is 5.40. The van der Waals surface area contributed by atoms with Crippen molar-refractivity contribution >= 4 is 0 Å². The van der Waals surface area contributed by atoms with Crippen LogP contribution in [0, 0.1) is 12.0 Å². The van der Waals surface area contributed by atoms with Crippen LogP contribution in [0.3, 0.4) is 0 Å². The summed E-state index contributed by atoms with van der Waals surface area (Å²) >= 11 is 0. The molecule has 0 bridgehead atoms. The molecule has 2 aliphatic rings. The van der Waals surface area contributed by atoms with Crippen molar-refractivity contribution in [3.05, 3.63) is 59.8 Å². The van der Waals surface area contributed by atoms with Gasteiger partial charge in [0.1, 0.15) is 0 Å². The fourth-order valence-electron chi connectivity index (χ4n) is 1.44. The van der Waals surface area contributed by atoms with Gasteiger partial charge >= 0.3 is 0 Å². The average molecular weight is 155 g/mol. The van der Waals surface area contributed by atoms with Crippen LogP contribution in [0.4, 0.5) is 0 Å². The predicted molar refractivity (Wildman–Crippen MR) is 51.4 cm³/mol. The lowest BCUT2D eigenvalue weighted by atomic mass is 9.94. The normalized spacial score (nSPS) is 25.9. The van der Waals surface area contributed by atoms with Crippen molar-refractivity contribution < 1.29 is 0 Å². The lowest BCUT2D eigenvalue weighted by molar-refractivity contribution is 0.989. The first-order valence-corrected chi connectivity index (χ1v) is 4.20. The van der Waals surface area contributed by atoms with Crippen LogP contribution < -0.4 is 0 Å². The predicted octanol–water partition coefficient (Wildman–Crippen LogP) is 2.97. The Labute approximate surface area is 73.3 Å². The smallest absolute Gasteiger partial charge is 0.0211 e. The van der Waals surface area contributed by atoms with Crippen LogP contribution in [0.15, 0.2) is 53.7 Å². The molecule has 0 N–H and O–H groups in total. The Bertz CT molecular complexity index is 322. The lowest BCUT2D eigenvalue weighted by Crippen LogP contribution is -1.97. The van der Waals surface area contributed by atoms with E-state index in [1.807, 2.05) is 0 Å². The molecule has 0 aromatic carbocycles. The zero-order chi connectivity index (χ0) is 8.39. The molecule has 2 rings (SSSR count). The van der Waals surface area contributed by atoms with Gasteiger partial charge in [-0.2, -0.15) is 0 Å². The van der Waals surface area contributed by atoms with Gasteiger partial charge in [-0.15, -0.1) is 0 Å². The maximum Gasteiger partial charge on any atom is 0.0211 e. The van der Waals surface area contributed by atoms with E-state index < -0.39 is 0 Å². The maximum atomic E-state index is 3.36. The van der Waals surface area contributed by atoms with E-state index >= 15 is 0 Å². The minimum absolute atomic E-state index is 0.434. The third-order valence-corrected chi connectivity index (χ3v) is 2.07. The summed E-state index contributed by atoms with van der Waals surface area (Å²) in [6.45, 7) is 2.08. The number of fused-ring (bicyclic) bond motifs is 1. The van der Waals surface area contributed by atoms with Crippen LogP contribution in [0.25, 0.3) is 0 Å². The summed E-state index contributed by atoms with van der Waals surface area (Å²) in [5.74, 6) is 0.434. The number of hydrogen-bond donors (Lipinski definition) is 0. The fourth-order valence-corrected chi connectivity index (χ4v) is 1.44. The summed E-state index contributed by atoms with van der Waals surface area (Å²) in [4.78, 5) is 0. The second-order valence-corrected chi connectivity index (χ2v) is 3.08. The standard InChI is InChI=1S/C12H11/c1-10-5-4-8-11-6-2-3-7-12(11)9-10/h2-8,11H,1H3. The molecule has 2 aliphatic carbocycles. The third kappa shape index (κ3) is 1.33. The zero-order valence-electron chi connectivity index (χ0n) is 7.12. The fraction of sp³-hybridized carbons (Fsp3) is 0.167. The van der Waals surface area contributed by atoms with Gasteiger partial charge in [0, 0.05) is 5.92 Å². The Morgan fingerprint density at radius 3 is 2.92 bits per heavy atom. The van der Waals surface area contributed by atoms with Gasteiger partial charge in [0.25, 0.3) is 0 Å². The van der Waals surface area contributed by atoms with Crippen LogP contribution in [0.5, 0.6) is 0 Å². The van der Waals surface area contributed by atoms with E-state index in [1.165, 1.54) is 11.1 Å². The molecule has 0 aliphatic heterocycles. The van der Waals surface area contributed by atoms with E-state index in [9.17, 15) is 0 Å². The highest BCUT2D eigenvalue weighted by Gasteiger charge is 2.08. The summed E-state index contributed by atoms with van der Waals surface area (Å²) in [7, 11) is 0. The Hall–Kier alpha value is -1.30. The molecule has 12 heavy (non-hydrogen) atoms. The Morgan fingerprint density at radius 2 is 2.00 bits per heavy atom. The molecular formula is C12H11. The van der Waals surface area contributed by atoms with Gasteiger partial charge in [0.2, 0.25) is 0 Å². The van der Waals surface area contributed by atoms with Crippen LogP contribution in [0.2, 0.25) is 0 Å². The van der Waals surface area contributed by atoms with Crippen LogP contribution in [-0.4, -0.2) is 0 Å². The van der Waals surface area contributed by atoms with Gasteiger partial charge in [-0.1, -0.05) is 42.5 Å². The molecule has 0 heterocycles. The van der Waals surface area contributed by atoms with Gasteiger partial charge in [-0.3, -0.25) is 0 Å². The number of allylic oxidation sites excluding steroid dienone is 10. The zero-order valence-corrected chi connectivity index (χ0v) is 7.12. The van der Waals surface area contributed by atoms with Crippen molar-refractivity contribution in [3.63, 3.8) is 0 Å². The van der Waals surface area contributed by atoms with Crippen molar-refractivity contribution in [1.82, 2.24) is 0 Å². The van der Waals surface area contributed by atoms with E-state index in [4.69, 9.17) is 0 Å².